The lowest BCUT2D eigenvalue weighted by molar-refractivity contribution is 0.197. The first-order valence-electron chi connectivity index (χ1n) is 6.33. The molecule has 1 aromatic carbocycles. The van der Waals surface area contributed by atoms with E-state index in [9.17, 15) is 12.8 Å². The van der Waals surface area contributed by atoms with Crippen molar-refractivity contribution in [2.24, 2.45) is 0 Å². The molecule has 0 aromatic heterocycles. The first-order chi connectivity index (χ1) is 8.91. The van der Waals surface area contributed by atoms with Crippen molar-refractivity contribution in [3.05, 3.63) is 30.1 Å². The molecule has 0 amide bonds. The summed E-state index contributed by atoms with van der Waals surface area (Å²) in [5.74, 6) is -0.430. The van der Waals surface area contributed by atoms with Gasteiger partial charge in [0.05, 0.1) is 4.90 Å². The van der Waals surface area contributed by atoms with E-state index in [0.29, 0.717) is 0 Å². The molecule has 0 spiro atoms. The summed E-state index contributed by atoms with van der Waals surface area (Å²) in [6.45, 7) is 1.79. The van der Waals surface area contributed by atoms with Gasteiger partial charge in [0.2, 0.25) is 10.0 Å². The highest BCUT2D eigenvalue weighted by atomic mass is 32.2. The normalized spacial score (nSPS) is 18.9. The first-order valence-corrected chi connectivity index (χ1v) is 7.77. The summed E-state index contributed by atoms with van der Waals surface area (Å²) in [4.78, 5) is 2.34. The summed E-state index contributed by atoms with van der Waals surface area (Å²) in [6, 6.07) is 5.00. The number of hydrogen-bond acceptors (Lipinski definition) is 3. The highest BCUT2D eigenvalue weighted by molar-refractivity contribution is 7.89. The number of sulfonamides is 1. The fraction of sp³-hybridized carbons (Fsp3) is 0.538. The molecule has 0 aliphatic carbocycles. The highest BCUT2D eigenvalue weighted by Gasteiger charge is 2.29. The second-order valence-corrected chi connectivity index (χ2v) is 7.01. The average molecular weight is 286 g/mol. The summed E-state index contributed by atoms with van der Waals surface area (Å²) >= 11 is 0. The second-order valence-electron chi connectivity index (χ2n) is 5.01. The van der Waals surface area contributed by atoms with Crippen molar-refractivity contribution in [1.29, 1.82) is 0 Å². The van der Waals surface area contributed by atoms with Crippen molar-refractivity contribution < 1.29 is 12.8 Å². The number of nitrogens with zero attached hydrogens (tertiary/aromatic N) is 2. The third kappa shape index (κ3) is 3.13. The van der Waals surface area contributed by atoms with Crippen molar-refractivity contribution in [3.63, 3.8) is 0 Å². The van der Waals surface area contributed by atoms with Crippen LogP contribution in [0.4, 0.5) is 4.39 Å². The van der Waals surface area contributed by atoms with Crippen LogP contribution in [0.1, 0.15) is 12.8 Å². The first kappa shape index (κ1) is 14.4. The minimum atomic E-state index is -3.52. The maximum Gasteiger partial charge on any atom is 0.243 e. The molecule has 0 N–H and O–H groups in total. The van der Waals surface area contributed by atoms with Gasteiger partial charge < -0.3 is 4.90 Å². The Labute approximate surface area is 113 Å². The van der Waals surface area contributed by atoms with Crippen LogP contribution in [-0.2, 0) is 10.0 Å². The quantitative estimate of drug-likeness (QED) is 0.846. The molecule has 0 bridgehead atoms. The Morgan fingerprint density at radius 2 is 1.74 bits per heavy atom. The Balaban J connectivity index is 2.17. The molecule has 4 nitrogen and oxygen atoms in total. The zero-order valence-corrected chi connectivity index (χ0v) is 12.0. The van der Waals surface area contributed by atoms with Gasteiger partial charge in [-0.05, 0) is 57.2 Å². The lowest BCUT2D eigenvalue weighted by Crippen LogP contribution is -2.44. The SMILES string of the molecule is CN1CCC(N(C)S(=O)(=O)c2ccc(F)cc2)CC1. The molecule has 6 heteroatoms. The Bertz CT molecular complexity index is 522. The summed E-state index contributed by atoms with van der Waals surface area (Å²) in [5.41, 5.74) is 0. The van der Waals surface area contributed by atoms with E-state index in [4.69, 9.17) is 0 Å². The summed E-state index contributed by atoms with van der Waals surface area (Å²) in [6.07, 6.45) is 1.65. The Kier molecular flexibility index (Phi) is 4.23. The maximum absolute atomic E-state index is 12.9. The molecule has 1 aromatic rings. The van der Waals surface area contributed by atoms with Crippen LogP contribution in [0.5, 0.6) is 0 Å². The van der Waals surface area contributed by atoms with Crippen molar-refractivity contribution in [3.8, 4) is 0 Å². The third-order valence-corrected chi connectivity index (χ3v) is 5.62. The predicted octanol–water partition coefficient (Wildman–Crippen LogP) is 1.54. The van der Waals surface area contributed by atoms with Gasteiger partial charge in [0, 0.05) is 13.1 Å². The molecule has 0 radical (unpaired) electrons. The van der Waals surface area contributed by atoms with Crippen LogP contribution in [0, 0.1) is 5.82 Å². The predicted molar refractivity (Wildman–Crippen MR) is 71.9 cm³/mol. The van der Waals surface area contributed by atoms with Crippen LogP contribution in [0.3, 0.4) is 0 Å². The van der Waals surface area contributed by atoms with Gasteiger partial charge in [0.15, 0.2) is 0 Å². The fourth-order valence-corrected chi connectivity index (χ4v) is 3.74. The molecule has 0 atom stereocenters. The van der Waals surface area contributed by atoms with Crippen LogP contribution in [-0.4, -0.2) is 50.8 Å². The van der Waals surface area contributed by atoms with Crippen molar-refractivity contribution >= 4 is 10.0 Å². The smallest absolute Gasteiger partial charge is 0.243 e. The fourth-order valence-electron chi connectivity index (χ4n) is 2.33. The van der Waals surface area contributed by atoms with Gasteiger partial charge in [0.25, 0.3) is 0 Å². The van der Waals surface area contributed by atoms with E-state index in [1.807, 2.05) is 7.05 Å². The maximum atomic E-state index is 12.9. The largest absolute Gasteiger partial charge is 0.306 e. The number of likely N-dealkylation sites (tertiary alicyclic amines) is 1. The van der Waals surface area contributed by atoms with Gasteiger partial charge in [-0.25, -0.2) is 12.8 Å². The topological polar surface area (TPSA) is 40.6 Å². The monoisotopic (exact) mass is 286 g/mol. The van der Waals surface area contributed by atoms with Crippen molar-refractivity contribution in [2.75, 3.05) is 27.2 Å². The molecule has 2 rings (SSSR count). The van der Waals surface area contributed by atoms with Crippen LogP contribution in [0.25, 0.3) is 0 Å². The van der Waals surface area contributed by atoms with E-state index >= 15 is 0 Å². The van der Waals surface area contributed by atoms with Gasteiger partial charge in [-0.3, -0.25) is 0 Å². The molecule has 106 valence electrons. The molecule has 1 aliphatic rings. The minimum Gasteiger partial charge on any atom is -0.306 e. The number of halogens is 1. The van der Waals surface area contributed by atoms with Crippen LogP contribution in [0.2, 0.25) is 0 Å². The van der Waals surface area contributed by atoms with Crippen LogP contribution in [0.15, 0.2) is 29.2 Å². The van der Waals surface area contributed by atoms with E-state index in [1.165, 1.54) is 28.6 Å². The Morgan fingerprint density at radius 1 is 1.21 bits per heavy atom. The van der Waals surface area contributed by atoms with E-state index in [-0.39, 0.29) is 10.9 Å². The van der Waals surface area contributed by atoms with E-state index in [2.05, 4.69) is 4.90 Å². The number of piperidine rings is 1. The van der Waals surface area contributed by atoms with Gasteiger partial charge in [0.1, 0.15) is 5.82 Å². The minimum absolute atomic E-state index is 0.0197. The standard InChI is InChI=1S/C13H19FN2O2S/c1-15-9-7-12(8-10-15)16(2)19(17,18)13-5-3-11(14)4-6-13/h3-6,12H,7-10H2,1-2H3. The molecular weight excluding hydrogens is 267 g/mol. The van der Waals surface area contributed by atoms with Crippen LogP contribution < -0.4 is 0 Å². The highest BCUT2D eigenvalue weighted by Crippen LogP contribution is 2.22. The van der Waals surface area contributed by atoms with Gasteiger partial charge in [-0.1, -0.05) is 0 Å². The molecular formula is C13H19FN2O2S. The van der Waals surface area contributed by atoms with Crippen LogP contribution >= 0.6 is 0 Å². The molecule has 1 saturated heterocycles. The van der Waals surface area contributed by atoms with Crippen molar-refractivity contribution in [1.82, 2.24) is 9.21 Å². The van der Waals surface area contributed by atoms with E-state index in [1.54, 1.807) is 7.05 Å². The third-order valence-electron chi connectivity index (χ3n) is 3.69. The zero-order valence-electron chi connectivity index (χ0n) is 11.2. The molecule has 1 heterocycles. The molecule has 1 fully saturated rings. The number of hydrogen-bond donors (Lipinski definition) is 0. The lowest BCUT2D eigenvalue weighted by Gasteiger charge is -2.34. The number of benzene rings is 1. The summed E-state index contributed by atoms with van der Waals surface area (Å²) < 4.78 is 39.1. The lowest BCUT2D eigenvalue weighted by atomic mass is 10.1. The van der Waals surface area contributed by atoms with E-state index in [0.717, 1.165) is 25.9 Å². The molecule has 0 saturated carbocycles. The molecule has 0 unspecified atom stereocenters. The van der Waals surface area contributed by atoms with Crippen molar-refractivity contribution in [2.45, 2.75) is 23.8 Å². The Morgan fingerprint density at radius 3 is 2.26 bits per heavy atom. The Hall–Kier alpha value is -0.980. The zero-order chi connectivity index (χ0) is 14.0. The molecule has 19 heavy (non-hydrogen) atoms. The summed E-state index contributed by atoms with van der Waals surface area (Å²) in [5, 5.41) is 0. The van der Waals surface area contributed by atoms with Gasteiger partial charge >= 0.3 is 0 Å². The second kappa shape index (κ2) is 5.56. The number of rotatable bonds is 3. The summed E-state index contributed by atoms with van der Waals surface area (Å²) in [7, 11) is 0.114. The molecule has 1 aliphatic heterocycles. The van der Waals surface area contributed by atoms with E-state index < -0.39 is 15.8 Å². The van der Waals surface area contributed by atoms with Gasteiger partial charge in [-0.15, -0.1) is 0 Å². The average Bonchev–Trinajstić information content (AvgIpc) is 2.39. The van der Waals surface area contributed by atoms with Gasteiger partial charge in [-0.2, -0.15) is 4.31 Å².